The topological polar surface area (TPSA) is 40.5 Å². The van der Waals surface area contributed by atoms with E-state index >= 15 is 0 Å². The van der Waals surface area contributed by atoms with E-state index in [1.54, 1.807) is 0 Å². The number of carboxylic acid groups (broad SMARTS) is 1. The molecule has 1 saturated heterocycles. The van der Waals surface area contributed by atoms with Crippen molar-refractivity contribution in [3.8, 4) is 0 Å². The first kappa shape index (κ1) is 16.5. The Hall–Kier alpha value is -0.570. The summed E-state index contributed by atoms with van der Waals surface area (Å²) >= 11 is 0. The molecule has 112 valence electrons. The first-order chi connectivity index (χ1) is 9.15. The van der Waals surface area contributed by atoms with Crippen LogP contribution in [0.15, 0.2) is 0 Å². The van der Waals surface area contributed by atoms with E-state index in [-0.39, 0.29) is 6.04 Å². The number of likely N-dealkylation sites (tertiary alicyclic amines) is 1. The fraction of sp³-hybridized carbons (Fsp3) is 0.938. The van der Waals surface area contributed by atoms with Crippen molar-refractivity contribution in [2.24, 2.45) is 0 Å². The fourth-order valence-corrected chi connectivity index (χ4v) is 3.23. The molecule has 19 heavy (non-hydrogen) atoms. The molecule has 0 aliphatic carbocycles. The third-order valence-electron chi connectivity index (χ3n) is 4.37. The van der Waals surface area contributed by atoms with Crippen LogP contribution in [0, 0.1) is 0 Å². The Balaban J connectivity index is 2.30. The molecule has 0 spiro atoms. The number of aliphatic carboxylic acids is 1. The van der Waals surface area contributed by atoms with Gasteiger partial charge in [0.1, 0.15) is 0 Å². The monoisotopic (exact) mass is 269 g/mol. The molecule has 3 nitrogen and oxygen atoms in total. The van der Waals surface area contributed by atoms with Crippen molar-refractivity contribution in [2.75, 3.05) is 6.54 Å². The summed E-state index contributed by atoms with van der Waals surface area (Å²) in [5.41, 5.74) is 0. The van der Waals surface area contributed by atoms with E-state index in [2.05, 4.69) is 18.7 Å². The summed E-state index contributed by atoms with van der Waals surface area (Å²) in [6, 6.07) is 0.822. The van der Waals surface area contributed by atoms with Crippen molar-refractivity contribution in [3.05, 3.63) is 0 Å². The summed E-state index contributed by atoms with van der Waals surface area (Å²) in [6.07, 6.45) is 11.6. The summed E-state index contributed by atoms with van der Waals surface area (Å²) in [5, 5.41) is 9.01. The molecule has 0 radical (unpaired) electrons. The van der Waals surface area contributed by atoms with E-state index in [4.69, 9.17) is 5.11 Å². The van der Waals surface area contributed by atoms with Crippen LogP contribution in [0.3, 0.4) is 0 Å². The van der Waals surface area contributed by atoms with Gasteiger partial charge in [-0.05, 0) is 32.7 Å². The number of hydrogen-bond donors (Lipinski definition) is 1. The van der Waals surface area contributed by atoms with Crippen molar-refractivity contribution in [1.29, 1.82) is 0 Å². The van der Waals surface area contributed by atoms with Crippen LogP contribution in [-0.4, -0.2) is 34.6 Å². The standard InChI is InChI=1S/C16H31NO2/c1-3-4-5-6-7-10-14(2)17-12-9-8-11-15(17)13-16(18)19/h14-15H,3-13H2,1-2H3,(H,18,19). The van der Waals surface area contributed by atoms with Crippen LogP contribution in [0.5, 0.6) is 0 Å². The molecule has 1 aliphatic heterocycles. The third-order valence-corrected chi connectivity index (χ3v) is 4.37. The van der Waals surface area contributed by atoms with Gasteiger partial charge in [0.15, 0.2) is 0 Å². The molecular formula is C16H31NO2. The zero-order chi connectivity index (χ0) is 14.1. The molecule has 1 rings (SSSR count). The predicted molar refractivity (Wildman–Crippen MR) is 79.4 cm³/mol. The molecule has 0 amide bonds. The minimum atomic E-state index is -0.646. The van der Waals surface area contributed by atoms with Crippen LogP contribution in [-0.2, 0) is 4.79 Å². The Morgan fingerprint density at radius 2 is 2.00 bits per heavy atom. The molecule has 0 aromatic heterocycles. The minimum absolute atomic E-state index is 0.275. The van der Waals surface area contributed by atoms with Gasteiger partial charge in [0.05, 0.1) is 6.42 Å². The molecule has 3 heteroatoms. The number of piperidine rings is 1. The molecular weight excluding hydrogens is 238 g/mol. The summed E-state index contributed by atoms with van der Waals surface area (Å²) < 4.78 is 0. The zero-order valence-corrected chi connectivity index (χ0v) is 12.7. The van der Waals surface area contributed by atoms with Crippen LogP contribution in [0.2, 0.25) is 0 Å². The van der Waals surface area contributed by atoms with Gasteiger partial charge in [-0.2, -0.15) is 0 Å². The second-order valence-electron chi connectivity index (χ2n) is 6.04. The maximum Gasteiger partial charge on any atom is 0.304 e. The molecule has 1 N–H and O–H groups in total. The van der Waals surface area contributed by atoms with Gasteiger partial charge in [-0.15, -0.1) is 0 Å². The molecule has 1 aliphatic rings. The first-order valence-corrected chi connectivity index (χ1v) is 8.12. The Morgan fingerprint density at radius 3 is 2.68 bits per heavy atom. The van der Waals surface area contributed by atoms with Gasteiger partial charge in [-0.25, -0.2) is 0 Å². The highest BCUT2D eigenvalue weighted by Gasteiger charge is 2.27. The Morgan fingerprint density at radius 1 is 1.26 bits per heavy atom. The van der Waals surface area contributed by atoms with Gasteiger partial charge in [0.25, 0.3) is 0 Å². The smallest absolute Gasteiger partial charge is 0.304 e. The van der Waals surface area contributed by atoms with Gasteiger partial charge in [-0.3, -0.25) is 9.69 Å². The van der Waals surface area contributed by atoms with Crippen molar-refractivity contribution in [1.82, 2.24) is 4.90 Å². The SMILES string of the molecule is CCCCCCCC(C)N1CCCCC1CC(=O)O. The number of carbonyl (C=O) groups is 1. The second kappa shape index (κ2) is 9.35. The lowest BCUT2D eigenvalue weighted by molar-refractivity contribution is -0.139. The lowest BCUT2D eigenvalue weighted by atomic mass is 9.95. The molecule has 2 unspecified atom stereocenters. The largest absolute Gasteiger partial charge is 0.481 e. The van der Waals surface area contributed by atoms with Crippen LogP contribution >= 0.6 is 0 Å². The Labute approximate surface area is 118 Å². The molecule has 0 aromatic carbocycles. The maximum absolute atomic E-state index is 10.9. The number of nitrogens with zero attached hydrogens (tertiary/aromatic N) is 1. The predicted octanol–water partition coefficient (Wildman–Crippen LogP) is 4.06. The van der Waals surface area contributed by atoms with E-state index < -0.39 is 5.97 Å². The normalized spacial score (nSPS) is 22.3. The zero-order valence-electron chi connectivity index (χ0n) is 12.7. The van der Waals surface area contributed by atoms with E-state index in [9.17, 15) is 4.79 Å². The highest BCUT2D eigenvalue weighted by atomic mass is 16.4. The quantitative estimate of drug-likeness (QED) is 0.642. The fourth-order valence-electron chi connectivity index (χ4n) is 3.23. The molecule has 1 heterocycles. The summed E-state index contributed by atoms with van der Waals surface area (Å²) in [7, 11) is 0. The van der Waals surface area contributed by atoms with E-state index in [0.29, 0.717) is 12.5 Å². The minimum Gasteiger partial charge on any atom is -0.481 e. The van der Waals surface area contributed by atoms with Gasteiger partial charge in [0.2, 0.25) is 0 Å². The summed E-state index contributed by atoms with van der Waals surface area (Å²) in [6.45, 7) is 5.61. The van der Waals surface area contributed by atoms with Crippen molar-refractivity contribution >= 4 is 5.97 Å². The van der Waals surface area contributed by atoms with Crippen molar-refractivity contribution in [2.45, 2.75) is 90.1 Å². The first-order valence-electron chi connectivity index (χ1n) is 8.12. The average Bonchev–Trinajstić information content (AvgIpc) is 2.38. The maximum atomic E-state index is 10.9. The number of hydrogen-bond acceptors (Lipinski definition) is 2. The Bertz CT molecular complexity index is 255. The summed E-state index contributed by atoms with van der Waals surface area (Å²) in [5.74, 6) is -0.646. The lowest BCUT2D eigenvalue weighted by Crippen LogP contribution is -2.46. The number of unbranched alkanes of at least 4 members (excludes halogenated alkanes) is 4. The van der Waals surface area contributed by atoms with Crippen molar-refractivity contribution in [3.63, 3.8) is 0 Å². The van der Waals surface area contributed by atoms with Gasteiger partial charge >= 0.3 is 5.97 Å². The highest BCUT2D eigenvalue weighted by molar-refractivity contribution is 5.67. The van der Waals surface area contributed by atoms with E-state index in [1.165, 1.54) is 51.4 Å². The second-order valence-corrected chi connectivity index (χ2v) is 6.04. The van der Waals surface area contributed by atoms with Crippen LogP contribution in [0.1, 0.15) is 78.1 Å². The molecule has 0 aromatic rings. The molecule has 0 bridgehead atoms. The van der Waals surface area contributed by atoms with Crippen molar-refractivity contribution < 1.29 is 9.90 Å². The highest BCUT2D eigenvalue weighted by Crippen LogP contribution is 2.24. The van der Waals surface area contributed by atoms with Gasteiger partial charge < -0.3 is 5.11 Å². The Kier molecular flexibility index (Phi) is 8.11. The molecule has 0 saturated carbocycles. The van der Waals surface area contributed by atoms with Gasteiger partial charge in [-0.1, -0.05) is 45.4 Å². The molecule has 1 fully saturated rings. The van der Waals surface area contributed by atoms with E-state index in [1.807, 2.05) is 0 Å². The summed E-state index contributed by atoms with van der Waals surface area (Å²) in [4.78, 5) is 13.4. The lowest BCUT2D eigenvalue weighted by Gasteiger charge is -2.39. The average molecular weight is 269 g/mol. The number of carboxylic acids is 1. The number of rotatable bonds is 9. The van der Waals surface area contributed by atoms with Crippen LogP contribution in [0.4, 0.5) is 0 Å². The van der Waals surface area contributed by atoms with Crippen LogP contribution in [0.25, 0.3) is 0 Å². The van der Waals surface area contributed by atoms with Gasteiger partial charge in [0, 0.05) is 12.1 Å². The third kappa shape index (κ3) is 6.42. The van der Waals surface area contributed by atoms with Crippen LogP contribution < -0.4 is 0 Å². The molecule has 2 atom stereocenters. The van der Waals surface area contributed by atoms with E-state index in [0.717, 1.165) is 13.0 Å².